The van der Waals surface area contributed by atoms with Gasteiger partial charge in [0.15, 0.2) is 0 Å². The number of carbonyl (C=O) groups is 2. The van der Waals surface area contributed by atoms with Crippen LogP contribution in [0.15, 0.2) is 37.1 Å². The molecule has 25 heavy (non-hydrogen) atoms. The quantitative estimate of drug-likeness (QED) is 0.828. The summed E-state index contributed by atoms with van der Waals surface area (Å²) in [5, 5.41) is 8.37. The maximum Gasteiger partial charge on any atom is 0.250 e. The predicted molar refractivity (Wildman–Crippen MR) is 96.4 cm³/mol. The third-order valence-corrected chi connectivity index (χ3v) is 3.83. The molecular weight excluding hydrogens is 342 g/mol. The zero-order valence-corrected chi connectivity index (χ0v) is 15.1. The number of benzene rings is 1. The van der Waals surface area contributed by atoms with Crippen molar-refractivity contribution in [2.75, 3.05) is 4.90 Å². The molecule has 0 saturated heterocycles. The molecule has 2 amide bonds. The zero-order valence-electron chi connectivity index (χ0n) is 14.4. The molecular formula is C17H20ClN5O2. The van der Waals surface area contributed by atoms with Crippen molar-refractivity contribution in [3.63, 3.8) is 0 Å². The molecule has 2 aromatic rings. The Morgan fingerprint density at radius 1 is 1.40 bits per heavy atom. The monoisotopic (exact) mass is 361 g/mol. The largest absolute Gasteiger partial charge is 0.366 e. The van der Waals surface area contributed by atoms with Crippen molar-refractivity contribution in [1.29, 1.82) is 0 Å². The molecule has 8 heteroatoms. The first-order valence-electron chi connectivity index (χ1n) is 7.58. The van der Waals surface area contributed by atoms with Gasteiger partial charge in [-0.15, -0.1) is 5.10 Å². The number of rotatable bonds is 5. The molecule has 0 atom stereocenters. The van der Waals surface area contributed by atoms with Gasteiger partial charge in [-0.2, -0.15) is 0 Å². The maximum atomic E-state index is 12.3. The van der Waals surface area contributed by atoms with Gasteiger partial charge in [0, 0.05) is 5.69 Å². The second kappa shape index (κ2) is 7.06. The van der Waals surface area contributed by atoms with Crippen LogP contribution in [0.1, 0.15) is 36.8 Å². The number of anilines is 1. The lowest BCUT2D eigenvalue weighted by Gasteiger charge is -2.21. The van der Waals surface area contributed by atoms with Crippen molar-refractivity contribution in [2.45, 2.75) is 32.9 Å². The van der Waals surface area contributed by atoms with Crippen LogP contribution in [0.4, 0.5) is 5.69 Å². The van der Waals surface area contributed by atoms with Crippen LogP contribution in [0, 0.1) is 0 Å². The number of amides is 2. The van der Waals surface area contributed by atoms with Crippen LogP contribution in [0.3, 0.4) is 0 Å². The summed E-state index contributed by atoms with van der Waals surface area (Å²) in [5.41, 5.74) is 6.34. The summed E-state index contributed by atoms with van der Waals surface area (Å²) in [4.78, 5) is 25.0. The van der Waals surface area contributed by atoms with Gasteiger partial charge in [0.2, 0.25) is 5.91 Å². The first-order chi connectivity index (χ1) is 11.6. The van der Waals surface area contributed by atoms with Gasteiger partial charge in [0.05, 0.1) is 28.9 Å². The van der Waals surface area contributed by atoms with Gasteiger partial charge >= 0.3 is 0 Å². The number of primary amides is 1. The number of hydrogen-bond acceptors (Lipinski definition) is 4. The van der Waals surface area contributed by atoms with Crippen molar-refractivity contribution in [1.82, 2.24) is 15.0 Å². The topological polar surface area (TPSA) is 94.1 Å². The van der Waals surface area contributed by atoms with E-state index in [1.165, 1.54) is 23.1 Å². The Labute approximate surface area is 151 Å². The minimum absolute atomic E-state index is 0.171. The van der Waals surface area contributed by atoms with Crippen LogP contribution < -0.4 is 10.6 Å². The molecule has 2 N–H and O–H groups in total. The van der Waals surface area contributed by atoms with E-state index in [2.05, 4.69) is 16.9 Å². The van der Waals surface area contributed by atoms with Crippen molar-refractivity contribution in [2.24, 2.45) is 5.73 Å². The van der Waals surface area contributed by atoms with E-state index in [-0.39, 0.29) is 28.6 Å². The second-order valence-electron chi connectivity index (χ2n) is 6.48. The fourth-order valence-corrected chi connectivity index (χ4v) is 2.41. The molecule has 0 saturated carbocycles. The Kier molecular flexibility index (Phi) is 5.27. The van der Waals surface area contributed by atoms with E-state index < -0.39 is 5.91 Å². The van der Waals surface area contributed by atoms with Crippen molar-refractivity contribution < 1.29 is 9.59 Å². The Bertz CT molecular complexity index is 823. The summed E-state index contributed by atoms with van der Waals surface area (Å²) in [6.07, 6.45) is 2.98. The fourth-order valence-electron chi connectivity index (χ4n) is 2.14. The first-order valence-corrected chi connectivity index (χ1v) is 7.96. The highest BCUT2D eigenvalue weighted by Crippen LogP contribution is 2.25. The van der Waals surface area contributed by atoms with Gasteiger partial charge in [-0.05, 0) is 45.0 Å². The molecule has 0 aliphatic carbocycles. The number of carbonyl (C=O) groups excluding carboxylic acids is 2. The number of aromatic nitrogens is 3. The predicted octanol–water partition coefficient (Wildman–Crippen LogP) is 2.50. The van der Waals surface area contributed by atoms with Crippen LogP contribution >= 0.6 is 11.6 Å². The third-order valence-electron chi connectivity index (χ3n) is 3.52. The molecule has 0 unspecified atom stereocenters. The van der Waals surface area contributed by atoms with Gasteiger partial charge < -0.3 is 10.6 Å². The summed E-state index contributed by atoms with van der Waals surface area (Å²) < 4.78 is 1.72. The van der Waals surface area contributed by atoms with Crippen molar-refractivity contribution in [3.05, 3.63) is 53.3 Å². The molecule has 132 valence electrons. The third kappa shape index (κ3) is 4.24. The Hall–Kier alpha value is -2.67. The summed E-state index contributed by atoms with van der Waals surface area (Å²) in [6.45, 7) is 9.71. The Balaban J connectivity index is 2.36. The molecule has 1 aromatic heterocycles. The van der Waals surface area contributed by atoms with E-state index in [1.54, 1.807) is 16.9 Å². The highest BCUT2D eigenvalue weighted by molar-refractivity contribution is 6.34. The lowest BCUT2D eigenvalue weighted by atomic mass is 10.1. The summed E-state index contributed by atoms with van der Waals surface area (Å²) in [5.74, 6) is -0.959. The molecule has 0 radical (unpaired) electrons. The highest BCUT2D eigenvalue weighted by Gasteiger charge is 2.20. The maximum absolute atomic E-state index is 12.3. The fraction of sp³-hybridized carbons (Fsp3) is 0.294. The number of halogens is 1. The van der Waals surface area contributed by atoms with E-state index in [1.807, 2.05) is 20.8 Å². The van der Waals surface area contributed by atoms with Crippen LogP contribution in [0.5, 0.6) is 0 Å². The van der Waals surface area contributed by atoms with Crippen LogP contribution in [-0.2, 0) is 16.9 Å². The number of nitrogens with two attached hydrogens (primary N) is 1. The molecule has 0 aliphatic rings. The van der Waals surface area contributed by atoms with E-state index in [9.17, 15) is 9.59 Å². The summed E-state index contributed by atoms with van der Waals surface area (Å²) in [7, 11) is 0. The van der Waals surface area contributed by atoms with Gasteiger partial charge in [-0.25, -0.2) is 4.68 Å². The lowest BCUT2D eigenvalue weighted by Crippen LogP contribution is -2.29. The average Bonchev–Trinajstić information content (AvgIpc) is 3.00. The molecule has 7 nitrogen and oxygen atoms in total. The molecule has 0 bridgehead atoms. The van der Waals surface area contributed by atoms with Crippen molar-refractivity contribution in [3.8, 4) is 0 Å². The normalized spacial score (nSPS) is 11.2. The first kappa shape index (κ1) is 18.7. The Morgan fingerprint density at radius 3 is 2.56 bits per heavy atom. The smallest absolute Gasteiger partial charge is 0.250 e. The van der Waals surface area contributed by atoms with Gasteiger partial charge in [0.1, 0.15) is 5.69 Å². The van der Waals surface area contributed by atoms with Gasteiger partial charge in [-0.3, -0.25) is 9.59 Å². The summed E-state index contributed by atoms with van der Waals surface area (Å²) >= 11 is 6.09. The average molecular weight is 362 g/mol. The zero-order chi connectivity index (χ0) is 18.8. The molecule has 0 fully saturated rings. The lowest BCUT2D eigenvalue weighted by molar-refractivity contribution is -0.114. The minimum Gasteiger partial charge on any atom is -0.366 e. The molecule has 0 aliphatic heterocycles. The van der Waals surface area contributed by atoms with E-state index in [4.69, 9.17) is 17.3 Å². The van der Waals surface area contributed by atoms with Crippen LogP contribution in [0.2, 0.25) is 5.02 Å². The SMILES string of the molecule is C=CC(=O)N(Cc1cn(C(C)(C)C)nn1)c1ccc(C(N)=O)c(Cl)c1. The standard InChI is InChI=1S/C17H20ClN5O2/c1-5-15(24)22(9-11-10-23(21-20-11)17(2,3)4)12-6-7-13(16(19)25)14(18)8-12/h5-8,10H,1,9H2,2-4H3,(H2,19,25). The Morgan fingerprint density at radius 2 is 2.08 bits per heavy atom. The minimum atomic E-state index is -0.633. The number of nitrogens with zero attached hydrogens (tertiary/aromatic N) is 4. The van der Waals surface area contributed by atoms with E-state index in [0.29, 0.717) is 11.4 Å². The molecule has 1 aromatic carbocycles. The van der Waals surface area contributed by atoms with Crippen LogP contribution in [0.25, 0.3) is 0 Å². The second-order valence-corrected chi connectivity index (χ2v) is 6.89. The highest BCUT2D eigenvalue weighted by atomic mass is 35.5. The van der Waals surface area contributed by atoms with Crippen molar-refractivity contribution >= 4 is 29.1 Å². The van der Waals surface area contributed by atoms with Gasteiger partial charge in [-0.1, -0.05) is 23.4 Å². The molecule has 1 heterocycles. The van der Waals surface area contributed by atoms with Gasteiger partial charge in [0.25, 0.3) is 5.91 Å². The summed E-state index contributed by atoms with van der Waals surface area (Å²) in [6, 6.07) is 4.59. The van der Waals surface area contributed by atoms with E-state index in [0.717, 1.165) is 0 Å². The van der Waals surface area contributed by atoms with Crippen LogP contribution in [-0.4, -0.2) is 26.8 Å². The number of hydrogen-bond donors (Lipinski definition) is 1. The molecule has 2 rings (SSSR count). The molecule has 0 spiro atoms. The van der Waals surface area contributed by atoms with E-state index >= 15 is 0 Å².